The lowest BCUT2D eigenvalue weighted by Crippen LogP contribution is -2.25. The molecular formula is C24H28N4O3S. The molecule has 0 radical (unpaired) electrons. The van der Waals surface area contributed by atoms with E-state index < -0.39 is 0 Å². The topological polar surface area (TPSA) is 78.3 Å². The van der Waals surface area contributed by atoms with Crippen LogP contribution in [0.4, 0.5) is 0 Å². The van der Waals surface area contributed by atoms with Crippen LogP contribution in [-0.4, -0.2) is 46.2 Å². The predicted octanol–water partition coefficient (Wildman–Crippen LogP) is 3.85. The Morgan fingerprint density at radius 1 is 1.22 bits per heavy atom. The number of amides is 1. The van der Waals surface area contributed by atoms with E-state index in [4.69, 9.17) is 9.47 Å². The molecule has 168 valence electrons. The van der Waals surface area contributed by atoms with Crippen molar-refractivity contribution in [2.45, 2.75) is 44.1 Å². The van der Waals surface area contributed by atoms with Crippen LogP contribution in [0.2, 0.25) is 0 Å². The zero-order chi connectivity index (χ0) is 22.3. The summed E-state index contributed by atoms with van der Waals surface area (Å²) in [5, 5.41) is 12.5. The van der Waals surface area contributed by atoms with Crippen LogP contribution >= 0.6 is 11.8 Å². The molecule has 0 spiro atoms. The first-order valence-electron chi connectivity index (χ1n) is 10.8. The molecule has 1 amide bonds. The molecule has 0 aliphatic carbocycles. The number of methoxy groups -OCH3 is 1. The normalized spacial score (nSPS) is 15.6. The first-order chi connectivity index (χ1) is 15.6. The van der Waals surface area contributed by atoms with Crippen LogP contribution in [0, 0.1) is 6.92 Å². The average molecular weight is 453 g/mol. The van der Waals surface area contributed by atoms with E-state index in [-0.39, 0.29) is 17.8 Å². The van der Waals surface area contributed by atoms with E-state index in [0.29, 0.717) is 13.1 Å². The highest BCUT2D eigenvalue weighted by atomic mass is 32.2. The largest absolute Gasteiger partial charge is 0.497 e. The van der Waals surface area contributed by atoms with Crippen molar-refractivity contribution in [1.82, 2.24) is 20.1 Å². The molecule has 0 bridgehead atoms. The second kappa shape index (κ2) is 10.7. The fraction of sp³-hybridized carbons (Fsp3) is 0.375. The van der Waals surface area contributed by atoms with Gasteiger partial charge in [-0.1, -0.05) is 36.0 Å². The zero-order valence-electron chi connectivity index (χ0n) is 18.4. The summed E-state index contributed by atoms with van der Waals surface area (Å²) in [6.45, 7) is 4.02. The number of hydrogen-bond donors (Lipinski definition) is 1. The summed E-state index contributed by atoms with van der Waals surface area (Å²) >= 11 is 1.40. The highest BCUT2D eigenvalue weighted by molar-refractivity contribution is 7.99. The molecule has 7 nitrogen and oxygen atoms in total. The van der Waals surface area contributed by atoms with E-state index in [1.165, 1.54) is 17.3 Å². The molecule has 2 aromatic carbocycles. The number of carbonyl (C=O) groups excluding carboxylic acids is 1. The SMILES string of the molecule is COc1ccc(-c2nnc(SCC(=O)NCc3ccccc3C)n2CC2CCCO2)cc1. The molecule has 1 atom stereocenters. The minimum atomic E-state index is -0.0316. The maximum absolute atomic E-state index is 12.5. The Morgan fingerprint density at radius 3 is 2.75 bits per heavy atom. The number of rotatable bonds is 9. The average Bonchev–Trinajstić information content (AvgIpc) is 3.48. The molecule has 1 fully saturated rings. The summed E-state index contributed by atoms with van der Waals surface area (Å²) in [6, 6.07) is 15.8. The van der Waals surface area contributed by atoms with E-state index in [0.717, 1.165) is 47.3 Å². The van der Waals surface area contributed by atoms with Crippen molar-refractivity contribution in [2.24, 2.45) is 0 Å². The van der Waals surface area contributed by atoms with Crippen molar-refractivity contribution < 1.29 is 14.3 Å². The number of aromatic nitrogens is 3. The van der Waals surface area contributed by atoms with Gasteiger partial charge in [0.05, 0.1) is 25.5 Å². The van der Waals surface area contributed by atoms with Gasteiger partial charge < -0.3 is 14.8 Å². The molecule has 1 N–H and O–H groups in total. The minimum absolute atomic E-state index is 0.0316. The fourth-order valence-electron chi connectivity index (χ4n) is 3.69. The number of benzene rings is 2. The second-order valence-electron chi connectivity index (χ2n) is 7.77. The molecule has 1 aliphatic heterocycles. The molecular weight excluding hydrogens is 424 g/mol. The summed E-state index contributed by atoms with van der Waals surface area (Å²) in [6.07, 6.45) is 2.22. The first kappa shape index (κ1) is 22.4. The maximum Gasteiger partial charge on any atom is 0.230 e. The summed E-state index contributed by atoms with van der Waals surface area (Å²) in [5.41, 5.74) is 3.24. The monoisotopic (exact) mass is 452 g/mol. The van der Waals surface area contributed by atoms with Gasteiger partial charge in [-0.25, -0.2) is 0 Å². The van der Waals surface area contributed by atoms with Gasteiger partial charge in [0.1, 0.15) is 5.75 Å². The third kappa shape index (κ3) is 5.49. The molecule has 1 unspecified atom stereocenters. The van der Waals surface area contributed by atoms with Gasteiger partial charge in [0, 0.05) is 18.7 Å². The number of nitrogens with zero attached hydrogens (tertiary/aromatic N) is 3. The van der Waals surface area contributed by atoms with Gasteiger partial charge in [-0.15, -0.1) is 10.2 Å². The molecule has 1 saturated heterocycles. The Morgan fingerprint density at radius 2 is 2.03 bits per heavy atom. The van der Waals surface area contributed by atoms with Crippen molar-refractivity contribution in [3.63, 3.8) is 0 Å². The summed E-state index contributed by atoms with van der Waals surface area (Å²) in [5.74, 6) is 1.80. The van der Waals surface area contributed by atoms with Crippen LogP contribution in [0.5, 0.6) is 5.75 Å². The molecule has 3 aromatic rings. The lowest BCUT2D eigenvalue weighted by molar-refractivity contribution is -0.118. The van der Waals surface area contributed by atoms with Crippen molar-refractivity contribution in [2.75, 3.05) is 19.5 Å². The van der Waals surface area contributed by atoms with E-state index in [1.807, 2.05) is 55.5 Å². The van der Waals surface area contributed by atoms with E-state index >= 15 is 0 Å². The zero-order valence-corrected chi connectivity index (χ0v) is 19.2. The molecule has 8 heteroatoms. The van der Waals surface area contributed by atoms with E-state index in [2.05, 4.69) is 20.1 Å². The van der Waals surface area contributed by atoms with Gasteiger partial charge in [-0.05, 0) is 55.2 Å². The Labute approximate surface area is 192 Å². The van der Waals surface area contributed by atoms with Crippen LogP contribution in [-0.2, 0) is 22.6 Å². The number of hydrogen-bond acceptors (Lipinski definition) is 6. The molecule has 0 saturated carbocycles. The summed E-state index contributed by atoms with van der Waals surface area (Å²) in [4.78, 5) is 12.5. The Balaban J connectivity index is 1.45. The fourth-order valence-corrected chi connectivity index (χ4v) is 4.47. The van der Waals surface area contributed by atoms with Gasteiger partial charge in [0.15, 0.2) is 11.0 Å². The van der Waals surface area contributed by atoms with Crippen molar-refractivity contribution in [3.05, 3.63) is 59.7 Å². The molecule has 32 heavy (non-hydrogen) atoms. The van der Waals surface area contributed by atoms with Crippen molar-refractivity contribution >= 4 is 17.7 Å². The smallest absolute Gasteiger partial charge is 0.230 e. The Hall–Kier alpha value is -2.84. The summed E-state index contributed by atoms with van der Waals surface area (Å²) in [7, 11) is 1.65. The van der Waals surface area contributed by atoms with Gasteiger partial charge in [-0.3, -0.25) is 9.36 Å². The van der Waals surface area contributed by atoms with Gasteiger partial charge in [-0.2, -0.15) is 0 Å². The second-order valence-corrected chi connectivity index (χ2v) is 8.71. The van der Waals surface area contributed by atoms with Crippen LogP contribution in [0.3, 0.4) is 0 Å². The highest BCUT2D eigenvalue weighted by Crippen LogP contribution is 2.27. The molecule has 4 rings (SSSR count). The molecule has 1 aliphatic rings. The third-order valence-electron chi connectivity index (χ3n) is 5.54. The number of ether oxygens (including phenoxy) is 2. The highest BCUT2D eigenvalue weighted by Gasteiger charge is 2.22. The van der Waals surface area contributed by atoms with Gasteiger partial charge in [0.25, 0.3) is 0 Å². The van der Waals surface area contributed by atoms with E-state index in [1.54, 1.807) is 7.11 Å². The van der Waals surface area contributed by atoms with Crippen LogP contribution in [0.25, 0.3) is 11.4 Å². The van der Waals surface area contributed by atoms with Crippen LogP contribution in [0.15, 0.2) is 53.7 Å². The summed E-state index contributed by atoms with van der Waals surface area (Å²) < 4.78 is 13.2. The Kier molecular flexibility index (Phi) is 7.44. The molecule has 2 heterocycles. The maximum atomic E-state index is 12.5. The minimum Gasteiger partial charge on any atom is -0.497 e. The lowest BCUT2D eigenvalue weighted by Gasteiger charge is -2.15. The quantitative estimate of drug-likeness (QED) is 0.497. The van der Waals surface area contributed by atoms with Gasteiger partial charge in [0.2, 0.25) is 5.91 Å². The predicted molar refractivity (Wildman–Crippen MR) is 125 cm³/mol. The Bertz CT molecular complexity index is 1050. The third-order valence-corrected chi connectivity index (χ3v) is 6.51. The van der Waals surface area contributed by atoms with E-state index in [9.17, 15) is 4.79 Å². The molecule has 1 aromatic heterocycles. The number of carbonyl (C=O) groups is 1. The lowest BCUT2D eigenvalue weighted by atomic mass is 10.1. The number of nitrogens with one attached hydrogen (secondary N) is 1. The first-order valence-corrected chi connectivity index (χ1v) is 11.8. The van der Waals surface area contributed by atoms with Gasteiger partial charge >= 0.3 is 0 Å². The van der Waals surface area contributed by atoms with Crippen molar-refractivity contribution in [1.29, 1.82) is 0 Å². The van der Waals surface area contributed by atoms with Crippen LogP contribution < -0.4 is 10.1 Å². The number of aryl methyl sites for hydroxylation is 1. The van der Waals surface area contributed by atoms with Crippen molar-refractivity contribution in [3.8, 4) is 17.1 Å². The number of thioether (sulfide) groups is 1. The van der Waals surface area contributed by atoms with Crippen LogP contribution in [0.1, 0.15) is 24.0 Å². The standard InChI is InChI=1S/C24H28N4O3S/c1-17-6-3-4-7-19(17)14-25-22(29)16-32-24-27-26-23(18-9-11-20(30-2)12-10-18)28(24)15-21-8-5-13-31-21/h3-4,6-7,9-12,21H,5,8,13-16H2,1-2H3,(H,25,29).